The number of carbonyl (C=O) groups is 1. The molecule has 0 fully saturated rings. The third kappa shape index (κ3) is 3.37. The number of halogens is 1. The summed E-state index contributed by atoms with van der Waals surface area (Å²) in [6, 6.07) is 5.93. The molecular formula is C12H9ClN4O3. The number of methoxy groups -OCH3 is 2. The van der Waals surface area contributed by atoms with Gasteiger partial charge in [0.15, 0.2) is 0 Å². The Labute approximate surface area is 120 Å². The van der Waals surface area contributed by atoms with Crippen molar-refractivity contribution in [3.8, 4) is 17.9 Å². The van der Waals surface area contributed by atoms with E-state index in [-0.39, 0.29) is 27.7 Å². The highest BCUT2D eigenvalue weighted by molar-refractivity contribution is 6.35. The number of anilines is 1. The van der Waals surface area contributed by atoms with Crippen LogP contribution in [0.3, 0.4) is 0 Å². The zero-order valence-corrected chi connectivity index (χ0v) is 11.4. The number of nitrogens with zero attached hydrogens (tertiary/aromatic N) is 3. The molecule has 0 aliphatic rings. The first kappa shape index (κ1) is 15.3. The largest absolute Gasteiger partial charge is 0.495 e. The van der Waals surface area contributed by atoms with E-state index in [1.54, 1.807) is 12.1 Å². The van der Waals surface area contributed by atoms with Crippen LogP contribution in [0.25, 0.3) is 0 Å². The highest BCUT2D eigenvalue weighted by atomic mass is 35.5. The lowest BCUT2D eigenvalue weighted by atomic mass is 10.2. The summed E-state index contributed by atoms with van der Waals surface area (Å²) in [7, 11) is 2.61. The molecule has 0 saturated carbocycles. The van der Waals surface area contributed by atoms with Crippen molar-refractivity contribution in [2.24, 2.45) is 5.10 Å². The van der Waals surface area contributed by atoms with Gasteiger partial charge in [-0.15, -0.1) is 0 Å². The maximum atomic E-state index is 11.5. The van der Waals surface area contributed by atoms with Crippen LogP contribution in [0.5, 0.6) is 5.75 Å². The van der Waals surface area contributed by atoms with Crippen LogP contribution in [0.1, 0.15) is 10.4 Å². The van der Waals surface area contributed by atoms with Gasteiger partial charge in [0.25, 0.3) is 0 Å². The van der Waals surface area contributed by atoms with E-state index in [1.165, 1.54) is 26.4 Å². The number of carbonyl (C=O) groups excluding carboxylic acids is 1. The molecule has 0 aliphatic carbocycles. The SMILES string of the molecule is COC(=O)c1cc(NN=C(C#N)C#N)c(Cl)c(OC)c1. The van der Waals surface area contributed by atoms with Crippen molar-refractivity contribution in [2.75, 3.05) is 19.6 Å². The number of hydrogen-bond acceptors (Lipinski definition) is 7. The highest BCUT2D eigenvalue weighted by Crippen LogP contribution is 2.34. The smallest absolute Gasteiger partial charge is 0.338 e. The Balaban J connectivity index is 3.25. The minimum Gasteiger partial charge on any atom is -0.495 e. The van der Waals surface area contributed by atoms with E-state index in [4.69, 9.17) is 26.9 Å². The second-order valence-electron chi connectivity index (χ2n) is 3.33. The Bertz CT molecular complexity index is 627. The lowest BCUT2D eigenvalue weighted by Gasteiger charge is -2.10. The van der Waals surface area contributed by atoms with Crippen LogP contribution < -0.4 is 10.2 Å². The van der Waals surface area contributed by atoms with Crippen molar-refractivity contribution in [3.05, 3.63) is 22.7 Å². The van der Waals surface area contributed by atoms with Crippen molar-refractivity contribution < 1.29 is 14.3 Å². The normalized spacial score (nSPS) is 8.85. The molecule has 0 spiro atoms. The fraction of sp³-hybridized carbons (Fsp3) is 0.167. The van der Waals surface area contributed by atoms with Gasteiger partial charge < -0.3 is 9.47 Å². The molecule has 0 aliphatic heterocycles. The van der Waals surface area contributed by atoms with Crippen LogP contribution in [0.4, 0.5) is 5.69 Å². The summed E-state index contributed by atoms with van der Waals surface area (Å²) < 4.78 is 9.61. The highest BCUT2D eigenvalue weighted by Gasteiger charge is 2.14. The molecule has 0 radical (unpaired) electrons. The number of hydrazone groups is 1. The number of esters is 1. The molecule has 0 atom stereocenters. The van der Waals surface area contributed by atoms with Gasteiger partial charge in [-0.25, -0.2) is 4.79 Å². The van der Waals surface area contributed by atoms with E-state index in [0.29, 0.717) is 0 Å². The van der Waals surface area contributed by atoms with Crippen LogP contribution in [0.15, 0.2) is 17.2 Å². The van der Waals surface area contributed by atoms with Crippen molar-refractivity contribution in [3.63, 3.8) is 0 Å². The van der Waals surface area contributed by atoms with Crippen molar-refractivity contribution in [1.82, 2.24) is 0 Å². The average Bonchev–Trinajstić information content (AvgIpc) is 2.48. The van der Waals surface area contributed by atoms with Gasteiger partial charge in [-0.3, -0.25) is 5.43 Å². The molecule has 0 aromatic heterocycles. The van der Waals surface area contributed by atoms with Crippen LogP contribution in [0.2, 0.25) is 5.02 Å². The van der Waals surface area contributed by atoms with E-state index in [0.717, 1.165) is 0 Å². The van der Waals surface area contributed by atoms with E-state index in [9.17, 15) is 4.79 Å². The molecule has 0 unspecified atom stereocenters. The number of rotatable bonds is 4. The van der Waals surface area contributed by atoms with Crippen molar-refractivity contribution >= 4 is 29.0 Å². The van der Waals surface area contributed by atoms with Crippen LogP contribution in [-0.4, -0.2) is 25.9 Å². The second kappa shape index (κ2) is 6.98. The van der Waals surface area contributed by atoms with Crippen LogP contribution in [-0.2, 0) is 4.74 Å². The molecule has 7 nitrogen and oxygen atoms in total. The monoisotopic (exact) mass is 292 g/mol. The molecule has 20 heavy (non-hydrogen) atoms. The van der Waals surface area contributed by atoms with Gasteiger partial charge in [-0.05, 0) is 12.1 Å². The molecule has 1 aromatic carbocycles. The Morgan fingerprint density at radius 1 is 1.35 bits per heavy atom. The predicted molar refractivity (Wildman–Crippen MR) is 71.6 cm³/mol. The first-order chi connectivity index (χ1) is 9.57. The lowest BCUT2D eigenvalue weighted by molar-refractivity contribution is 0.0600. The zero-order valence-electron chi connectivity index (χ0n) is 10.6. The predicted octanol–water partition coefficient (Wildman–Crippen LogP) is 1.95. The van der Waals surface area contributed by atoms with Gasteiger partial charge in [0.2, 0.25) is 5.71 Å². The summed E-state index contributed by atoms with van der Waals surface area (Å²) in [4.78, 5) is 11.5. The van der Waals surface area contributed by atoms with Gasteiger partial charge in [0.05, 0.1) is 25.5 Å². The quantitative estimate of drug-likeness (QED) is 0.516. The van der Waals surface area contributed by atoms with Gasteiger partial charge >= 0.3 is 5.97 Å². The fourth-order valence-electron chi connectivity index (χ4n) is 1.25. The lowest BCUT2D eigenvalue weighted by Crippen LogP contribution is -2.04. The van der Waals surface area contributed by atoms with E-state index in [1.807, 2.05) is 0 Å². The minimum atomic E-state index is -0.590. The maximum Gasteiger partial charge on any atom is 0.338 e. The number of nitrogens with one attached hydrogen (secondary N) is 1. The summed E-state index contributed by atoms with van der Waals surface area (Å²) in [6.45, 7) is 0. The zero-order chi connectivity index (χ0) is 15.1. The van der Waals surface area contributed by atoms with Crippen LogP contribution in [0, 0.1) is 22.7 Å². The van der Waals surface area contributed by atoms with Crippen molar-refractivity contribution in [1.29, 1.82) is 10.5 Å². The van der Waals surface area contributed by atoms with E-state index < -0.39 is 5.97 Å². The van der Waals surface area contributed by atoms with E-state index >= 15 is 0 Å². The van der Waals surface area contributed by atoms with Crippen LogP contribution >= 0.6 is 11.6 Å². The number of benzene rings is 1. The van der Waals surface area contributed by atoms with Gasteiger partial charge in [-0.2, -0.15) is 15.6 Å². The molecule has 0 bridgehead atoms. The summed E-state index contributed by atoms with van der Waals surface area (Å²) in [5.41, 5.74) is 2.43. The molecule has 1 rings (SSSR count). The molecule has 0 amide bonds. The second-order valence-corrected chi connectivity index (χ2v) is 3.71. The third-order valence-corrected chi connectivity index (χ3v) is 2.57. The molecule has 0 heterocycles. The summed E-state index contributed by atoms with van der Waals surface area (Å²) in [5, 5.41) is 20.9. The Kier molecular flexibility index (Phi) is 5.33. The molecule has 1 N–H and O–H groups in total. The first-order valence-corrected chi connectivity index (χ1v) is 5.54. The van der Waals surface area contributed by atoms with Gasteiger partial charge in [-0.1, -0.05) is 11.6 Å². The molecule has 8 heteroatoms. The summed E-state index contributed by atoms with van der Waals surface area (Å²) in [6.07, 6.45) is 0. The topological polar surface area (TPSA) is 107 Å². The summed E-state index contributed by atoms with van der Waals surface area (Å²) >= 11 is 6.02. The average molecular weight is 293 g/mol. The molecule has 102 valence electrons. The number of ether oxygens (including phenoxy) is 2. The number of nitriles is 2. The van der Waals surface area contributed by atoms with Gasteiger partial charge in [0.1, 0.15) is 22.9 Å². The molecule has 0 saturated heterocycles. The summed E-state index contributed by atoms with van der Waals surface area (Å²) in [5.74, 6) is -0.365. The Hall–Kier alpha value is -2.77. The maximum absolute atomic E-state index is 11.5. The third-order valence-electron chi connectivity index (χ3n) is 2.18. The Morgan fingerprint density at radius 3 is 2.50 bits per heavy atom. The van der Waals surface area contributed by atoms with E-state index in [2.05, 4.69) is 15.3 Å². The molecule has 1 aromatic rings. The minimum absolute atomic E-state index is 0.152. The standard InChI is InChI=1S/C12H9ClN4O3/c1-19-10-4-7(12(18)20-2)3-9(11(10)13)17-16-8(5-14)6-15/h3-4,17H,1-2H3. The first-order valence-electron chi connectivity index (χ1n) is 5.17. The van der Waals surface area contributed by atoms with Crippen molar-refractivity contribution in [2.45, 2.75) is 0 Å². The molecular weight excluding hydrogens is 284 g/mol. The Morgan fingerprint density at radius 2 is 2.00 bits per heavy atom. The number of hydrogen-bond donors (Lipinski definition) is 1. The van der Waals surface area contributed by atoms with Gasteiger partial charge in [0, 0.05) is 0 Å². The fourth-order valence-corrected chi connectivity index (χ4v) is 1.48.